The first-order valence-electron chi connectivity index (χ1n) is 42.0. The molecule has 14 aliphatic rings. The maximum atomic E-state index is 13.0. The van der Waals surface area contributed by atoms with E-state index in [2.05, 4.69) is 69.0 Å². The summed E-state index contributed by atoms with van der Waals surface area (Å²) in [5.74, 6) is 3.52. The zero-order valence-corrected chi connectivity index (χ0v) is 79.7. The van der Waals surface area contributed by atoms with Crippen LogP contribution in [-0.2, 0) is 62.2 Å². The first-order valence-corrected chi connectivity index (χ1v) is 49.2. The molecule has 724 valence electrons. The fourth-order valence-electron chi connectivity index (χ4n) is 18.3. The van der Waals surface area contributed by atoms with Gasteiger partial charge in [-0.2, -0.15) is 83.0 Å². The van der Waals surface area contributed by atoms with E-state index in [9.17, 15) is 111 Å². The van der Waals surface area contributed by atoms with Gasteiger partial charge in [-0.3, -0.25) is 53.2 Å². The lowest BCUT2D eigenvalue weighted by atomic mass is 9.48. The number of carboxylic acid groups (broad SMARTS) is 1. The molecular formula is C81H133F12N9O15S8. The predicted molar refractivity (Wildman–Crippen MR) is 475 cm³/mol. The van der Waals surface area contributed by atoms with Gasteiger partial charge in [-0.1, -0.05) is 6.58 Å². The minimum atomic E-state index is -4.92. The van der Waals surface area contributed by atoms with Crippen LogP contribution >= 0.6 is 95.8 Å². The predicted octanol–water partition coefficient (Wildman–Crippen LogP) is 14.8. The van der Waals surface area contributed by atoms with Gasteiger partial charge >= 0.3 is 54.4 Å². The summed E-state index contributed by atoms with van der Waals surface area (Å²) in [7, 11) is 1.60. The molecule has 0 aromatic heterocycles. The van der Waals surface area contributed by atoms with E-state index in [0.29, 0.717) is 30.1 Å². The second-order valence-corrected chi connectivity index (χ2v) is 46.2. The summed E-state index contributed by atoms with van der Waals surface area (Å²) in [4.78, 5) is 123. The number of hydrogen-bond donors (Lipinski definition) is 11. The van der Waals surface area contributed by atoms with Gasteiger partial charge in [0.25, 0.3) is 11.8 Å². The molecule has 0 unspecified atom stereocenters. The smallest absolute Gasteiger partial charge is 0.490 e. The number of rotatable bonds is 30. The first kappa shape index (κ1) is 117. The van der Waals surface area contributed by atoms with E-state index < -0.39 is 70.3 Å². The Hall–Kier alpha value is -3.73. The van der Waals surface area contributed by atoms with Crippen LogP contribution in [0.5, 0.6) is 0 Å². The molecule has 2 heterocycles. The summed E-state index contributed by atoms with van der Waals surface area (Å²) >= 11 is 17.6. The van der Waals surface area contributed by atoms with Crippen LogP contribution in [-0.4, -0.2) is 228 Å². The largest absolute Gasteiger partial charge is 0.502 e. The van der Waals surface area contributed by atoms with Gasteiger partial charge in [-0.05, 0) is 236 Å². The molecule has 2 saturated heterocycles. The number of nitrogens with two attached hydrogens (primary N) is 4. The molecule has 12 bridgehead atoms. The number of carboxylic acids is 1. The number of methoxy groups -OCH3 is 1. The van der Waals surface area contributed by atoms with E-state index in [-0.39, 0.29) is 116 Å². The number of carbonyl (C=O) groups is 11. The van der Waals surface area contributed by atoms with Gasteiger partial charge in [-0.15, -0.1) is 70.6 Å². The Morgan fingerprint density at radius 2 is 0.728 bits per heavy atom. The fraction of sp³-hybridized carbons (Fsp3) is 0.840. The monoisotopic (exact) mass is 1960 g/mol. The molecule has 0 radical (unpaired) electrons. The number of thiol groups is 2. The number of thioether (sulfide) groups is 6. The lowest BCUT2D eigenvalue weighted by Crippen LogP contribution is -2.55. The molecule has 44 heteroatoms. The van der Waals surface area contributed by atoms with Crippen LogP contribution in [0.3, 0.4) is 0 Å². The maximum Gasteiger partial charge on any atom is 0.490 e. The minimum absolute atomic E-state index is 0.0680. The SMILES string of the molecule is C=C(C)OC.CC(C)(SCCN)SCCCC(=O)C12CC3CC(CC(C3)C1)C2.CC(C)(SCCN)SCCN.CC(C)(SCCNC(=O)C(F)(F)F)SCCNC(=O)C(F)(F)F.CCOC(=O)C(F)(F)F.NCCS.O=C(NCCS)C(F)(F)F.O=C(O)C12CC3CC(CC(C3)C1)C2.O=C1CCC(=O)N1C(=O)C12CC3CC(CC(C3)C1)C2.O=C1CCC(=O)N1O. The van der Waals surface area contributed by atoms with Crippen molar-refractivity contribution in [2.45, 2.75) is 246 Å². The van der Waals surface area contributed by atoms with E-state index in [0.717, 1.165) is 146 Å². The van der Waals surface area contributed by atoms with Crippen molar-refractivity contribution in [3.63, 3.8) is 0 Å². The quantitative estimate of drug-likeness (QED) is 0.00465. The molecule has 12 saturated carbocycles. The van der Waals surface area contributed by atoms with Crippen LogP contribution in [0, 0.1) is 69.5 Å². The van der Waals surface area contributed by atoms with Crippen LogP contribution in [0.15, 0.2) is 12.3 Å². The summed E-state index contributed by atoms with van der Waals surface area (Å²) in [5.41, 5.74) is 20.8. The molecule has 12 aliphatic carbocycles. The Morgan fingerprint density at radius 1 is 0.456 bits per heavy atom. The minimum Gasteiger partial charge on any atom is -0.502 e. The number of ether oxygens (including phenoxy) is 2. The Balaban J connectivity index is 0.000000489. The first-order chi connectivity index (χ1) is 57.9. The molecule has 0 atom stereocenters. The van der Waals surface area contributed by atoms with Crippen LogP contribution in [0.25, 0.3) is 0 Å². The van der Waals surface area contributed by atoms with Crippen molar-refractivity contribution < 1.29 is 125 Å². The van der Waals surface area contributed by atoms with Gasteiger partial charge in [-0.25, -0.2) is 9.69 Å². The van der Waals surface area contributed by atoms with Gasteiger partial charge in [0.05, 0.1) is 42.5 Å². The number of alkyl halides is 12. The summed E-state index contributed by atoms with van der Waals surface area (Å²) in [6.07, 6.45) is 4.51. The molecule has 0 aromatic rings. The number of imide groups is 4. The number of nitrogens with one attached hydrogen (secondary N) is 3. The highest BCUT2D eigenvalue weighted by atomic mass is 32.2. The molecule has 13 N–H and O–H groups in total. The molecule has 0 spiro atoms. The lowest BCUT2D eigenvalue weighted by Gasteiger charge is -2.56. The number of hydroxylamine groups is 2. The van der Waals surface area contributed by atoms with Gasteiger partial charge < -0.3 is 53.5 Å². The van der Waals surface area contributed by atoms with Gasteiger partial charge in [0.2, 0.25) is 17.7 Å². The number of halogens is 12. The number of likely N-dealkylation sites (tertiary alicyclic amines) is 1. The van der Waals surface area contributed by atoms with E-state index in [1.165, 1.54) is 107 Å². The Labute approximate surface area is 763 Å². The van der Waals surface area contributed by atoms with Crippen LogP contribution in [0.2, 0.25) is 0 Å². The second-order valence-electron chi connectivity index (χ2n) is 34.2. The van der Waals surface area contributed by atoms with Gasteiger partial charge in [0.1, 0.15) is 5.78 Å². The molecule has 0 aromatic carbocycles. The third-order valence-electron chi connectivity index (χ3n) is 22.4. The second kappa shape index (κ2) is 55.1. The highest BCUT2D eigenvalue weighted by Gasteiger charge is 2.59. The molecule has 125 heavy (non-hydrogen) atoms. The van der Waals surface area contributed by atoms with E-state index in [1.54, 1.807) is 43.8 Å². The Kier molecular flexibility index (Phi) is 51.7. The number of esters is 1. The highest BCUT2D eigenvalue weighted by Crippen LogP contribution is 2.63. The summed E-state index contributed by atoms with van der Waals surface area (Å²) in [5, 5.41) is 22.9. The topological polar surface area (TPSA) is 393 Å². The number of allylic oxidation sites excluding steroid dienone is 1. The Morgan fingerprint density at radius 3 is 0.960 bits per heavy atom. The van der Waals surface area contributed by atoms with E-state index in [1.807, 2.05) is 47.0 Å². The number of ketones is 1. The van der Waals surface area contributed by atoms with Gasteiger partial charge in [0, 0.05) is 124 Å². The molecule has 14 fully saturated rings. The van der Waals surface area contributed by atoms with Crippen molar-refractivity contribution in [1.82, 2.24) is 25.9 Å². The number of Topliss-reactive ketones (excluding diaryl/α,β-unsaturated/α-hetero) is 1. The number of amides is 8. The van der Waals surface area contributed by atoms with E-state index >= 15 is 0 Å². The van der Waals surface area contributed by atoms with E-state index in [4.69, 9.17) is 28.1 Å². The third-order valence-corrected chi connectivity index (χ3v) is 31.8. The van der Waals surface area contributed by atoms with Crippen molar-refractivity contribution in [3.05, 3.63) is 12.3 Å². The van der Waals surface area contributed by atoms with Gasteiger partial charge in [0.15, 0.2) is 0 Å². The average Bonchev–Trinajstić information content (AvgIpc) is 1.49. The average molecular weight is 1960 g/mol. The number of carbonyl (C=O) groups excluding carboxylic acids is 10. The number of hydrogen-bond acceptors (Lipinski definition) is 26. The summed E-state index contributed by atoms with van der Waals surface area (Å²) < 4.78 is 147. The van der Waals surface area contributed by atoms with Crippen LogP contribution < -0.4 is 38.9 Å². The molecule has 14 rings (SSSR count). The van der Waals surface area contributed by atoms with Crippen LogP contribution in [0.1, 0.15) is 209 Å². The lowest BCUT2D eigenvalue weighted by molar-refractivity contribution is -0.199. The normalized spacial score (nSPS) is 25.7. The van der Waals surface area contributed by atoms with Crippen molar-refractivity contribution in [2.24, 2.45) is 92.4 Å². The molecule has 8 amide bonds. The van der Waals surface area contributed by atoms with Crippen molar-refractivity contribution in [2.75, 3.05) is 106 Å². The summed E-state index contributed by atoms with van der Waals surface area (Å²) in [6, 6.07) is 0. The molecule has 2 aliphatic heterocycles. The summed E-state index contributed by atoms with van der Waals surface area (Å²) in [6.45, 7) is 21.3. The molecule has 24 nitrogen and oxygen atoms in total. The zero-order chi connectivity index (χ0) is 95.3. The zero-order valence-electron chi connectivity index (χ0n) is 73.0. The maximum absolute atomic E-state index is 13.0. The number of nitrogens with zero attached hydrogens (tertiary/aromatic N) is 2. The highest BCUT2D eigenvalue weighted by molar-refractivity contribution is 8.19. The Bertz CT molecular complexity index is 3260. The standard InChI is InChI=1S/C19H33NOS2.C15H19NO3.C11H16F6N2O2S2.C11H16O2.C7H18N2S2.C4H6F3NOS.C4H5F3O2.C4H5NO3.C4H8O.C2H7NS/c1-18(2,23-7-5-20)22-6-3-4-17(21)19-11-14-8-15(12-19)10-16(9-14)13-19;17-12-1-2-13(18)16(12)14(19)15-6-9-3-10(7-15)5-11(4-9)8-15;1-9(2,22-5-3-18-7(20)10(12,13)14)23-6-4-19-8(21)11(15,16)17;12-10(13)11-4-7-1-8(5-11)3-9(2-7)6-11;1-7(2,10-5-3-8)11-6-4-9;5-4(6,7)3(9)8-1-2-10;1-2-9-3(8)4(5,6)7;6-3-1-2-4(7)5(3)8;1-4(2)5-3;3-1-2-4/h14-16H,3-13,20H2,1-2H3;9-11H,1-8H2;3-6H2,1-2H3,(H,18,20)(H,19,21);7-9H,1-6H2,(H,12,13);3-6,8-9H2,1-2H3;10H,1-2H2,(H,8,9);2H2,1H3;8H,1-2H2;1H2,2-3H3;4H,1-3H2. The third kappa shape index (κ3) is 42.8. The van der Waals surface area contributed by atoms with Crippen molar-refractivity contribution in [1.29, 1.82) is 0 Å². The van der Waals surface area contributed by atoms with Crippen LogP contribution in [0.4, 0.5) is 52.7 Å². The number of aliphatic carboxylic acids is 1. The van der Waals surface area contributed by atoms with Crippen molar-refractivity contribution >= 4 is 161 Å². The molecular weight excluding hydrogens is 1820 g/mol. The van der Waals surface area contributed by atoms with Crippen molar-refractivity contribution in [3.8, 4) is 0 Å². The fourth-order valence-corrected chi connectivity index (χ4v) is 24.9.